The van der Waals surface area contributed by atoms with Gasteiger partial charge in [0.1, 0.15) is 24.0 Å². The summed E-state index contributed by atoms with van der Waals surface area (Å²) < 4.78 is 13.5. The lowest BCUT2D eigenvalue weighted by atomic mass is 9.82. The van der Waals surface area contributed by atoms with Gasteiger partial charge in [0.15, 0.2) is 6.10 Å². The maximum Gasteiger partial charge on any atom is 0.318 e. The quantitative estimate of drug-likeness (QED) is 0.383. The molecule has 3 aromatic carbocycles. The molecule has 2 bridgehead atoms. The summed E-state index contributed by atoms with van der Waals surface area (Å²) in [5, 5.41) is 0. The number of ether oxygens (including phenoxy) is 2. The fourth-order valence-corrected chi connectivity index (χ4v) is 6.06. The Kier molecular flexibility index (Phi) is 6.50. The van der Waals surface area contributed by atoms with Crippen LogP contribution >= 0.6 is 0 Å². The number of hydrogen-bond donors (Lipinski definition) is 0. The third-order valence-corrected chi connectivity index (χ3v) is 7.94. The van der Waals surface area contributed by atoms with Crippen LogP contribution in [-0.2, 0) is 16.0 Å². The summed E-state index contributed by atoms with van der Waals surface area (Å²) in [5.74, 6) is 1.41. The number of halogens is 1. The van der Waals surface area contributed by atoms with E-state index in [9.17, 15) is 4.79 Å². The van der Waals surface area contributed by atoms with Crippen molar-refractivity contribution in [2.75, 3.05) is 26.2 Å². The number of hydrogen-bond acceptors (Lipinski definition) is 3. The summed E-state index contributed by atoms with van der Waals surface area (Å²) in [4.78, 5) is 13.7. The molecule has 3 saturated heterocycles. The van der Waals surface area contributed by atoms with Gasteiger partial charge in [0.25, 0.3) is 0 Å². The molecule has 4 heterocycles. The lowest BCUT2D eigenvalue weighted by Gasteiger charge is -2.52. The minimum absolute atomic E-state index is 0. The molecule has 1 atom stereocenters. The Hall–Kier alpha value is -2.63. The highest BCUT2D eigenvalue weighted by molar-refractivity contribution is 5.85. The van der Waals surface area contributed by atoms with Crippen LogP contribution in [0.4, 0.5) is 0 Å². The maximum atomic E-state index is 13.7. The first-order chi connectivity index (χ1) is 16.2. The molecular formula is C29H30BrNO3. The van der Waals surface area contributed by atoms with Gasteiger partial charge in [0.2, 0.25) is 0 Å². The summed E-state index contributed by atoms with van der Waals surface area (Å²) in [6.45, 7) is 4.46. The van der Waals surface area contributed by atoms with Crippen molar-refractivity contribution < 1.29 is 35.7 Å². The number of para-hydroxylation sites is 2. The van der Waals surface area contributed by atoms with E-state index in [1.807, 2.05) is 48.5 Å². The second-order valence-electron chi connectivity index (χ2n) is 9.85. The van der Waals surface area contributed by atoms with E-state index in [1.165, 1.54) is 18.7 Å². The highest BCUT2D eigenvalue weighted by Gasteiger charge is 2.48. The molecule has 4 aliphatic heterocycles. The molecule has 7 rings (SSSR count). The molecule has 0 saturated carbocycles. The van der Waals surface area contributed by atoms with Crippen molar-refractivity contribution >= 4 is 5.97 Å². The van der Waals surface area contributed by atoms with Crippen LogP contribution in [0.15, 0.2) is 78.9 Å². The highest BCUT2D eigenvalue weighted by atomic mass is 79.9. The monoisotopic (exact) mass is 519 g/mol. The number of fused-ring (bicyclic) bond motifs is 5. The molecule has 0 unspecified atom stereocenters. The summed E-state index contributed by atoms with van der Waals surface area (Å²) in [5.41, 5.74) is 3.19. The Labute approximate surface area is 211 Å². The summed E-state index contributed by atoms with van der Waals surface area (Å²) >= 11 is 0. The van der Waals surface area contributed by atoms with Crippen LogP contribution in [0.2, 0.25) is 0 Å². The van der Waals surface area contributed by atoms with Gasteiger partial charge in [0.05, 0.1) is 19.6 Å². The predicted molar refractivity (Wildman–Crippen MR) is 127 cm³/mol. The maximum absolute atomic E-state index is 13.7. The van der Waals surface area contributed by atoms with E-state index in [0.717, 1.165) is 59.5 Å². The predicted octanol–water partition coefficient (Wildman–Crippen LogP) is 2.32. The molecule has 0 N–H and O–H groups in total. The van der Waals surface area contributed by atoms with Crippen molar-refractivity contribution in [3.05, 3.63) is 95.6 Å². The van der Waals surface area contributed by atoms with E-state index >= 15 is 0 Å². The van der Waals surface area contributed by atoms with E-state index < -0.39 is 5.92 Å². The molecule has 5 heteroatoms. The molecule has 4 aliphatic rings. The molecule has 3 fully saturated rings. The van der Waals surface area contributed by atoms with Crippen LogP contribution in [-0.4, -0.2) is 42.7 Å². The van der Waals surface area contributed by atoms with Gasteiger partial charge in [-0.05, 0) is 17.7 Å². The molecule has 0 spiro atoms. The minimum atomic E-state index is -0.431. The zero-order valence-corrected chi connectivity index (χ0v) is 20.8. The Morgan fingerprint density at radius 3 is 2.09 bits per heavy atom. The fraction of sp³-hybridized carbons (Fsp3) is 0.345. The van der Waals surface area contributed by atoms with Gasteiger partial charge in [0, 0.05) is 36.3 Å². The normalized spacial score (nSPS) is 24.8. The number of piperidine rings is 3. The molecule has 0 aliphatic carbocycles. The van der Waals surface area contributed by atoms with Crippen LogP contribution in [0.5, 0.6) is 11.5 Å². The lowest BCUT2D eigenvalue weighted by molar-refractivity contribution is -0.946. The summed E-state index contributed by atoms with van der Waals surface area (Å²) in [6.07, 6.45) is 3.37. The van der Waals surface area contributed by atoms with Crippen LogP contribution < -0.4 is 21.7 Å². The van der Waals surface area contributed by atoms with Crippen LogP contribution in [0.3, 0.4) is 0 Å². The van der Waals surface area contributed by atoms with Crippen LogP contribution in [0.25, 0.3) is 0 Å². The standard InChI is InChI=1S/C29H30NO3.BrH/c31-29(28-23-10-4-6-12-25(23)32-26-13-7-5-11-24(26)28)33-27-20-30(18-15-22(27)16-19-30)17-14-21-8-2-1-3-9-21;/h1-13,22,27-28H,14-20H2;1H/q+1;/p-1/t22?,27-,30?;/m0./s1. The Balaban J connectivity index is 0.00000241. The van der Waals surface area contributed by atoms with Crippen molar-refractivity contribution in [2.45, 2.75) is 31.3 Å². The smallest absolute Gasteiger partial charge is 0.318 e. The number of carbonyl (C=O) groups excluding carboxylic acids is 1. The lowest BCUT2D eigenvalue weighted by Crippen LogP contribution is -3.00. The Bertz CT molecular complexity index is 1110. The second kappa shape index (κ2) is 9.55. The topological polar surface area (TPSA) is 35.5 Å². The van der Waals surface area contributed by atoms with Crippen LogP contribution in [0, 0.1) is 5.92 Å². The average molecular weight is 520 g/mol. The first-order valence-corrected chi connectivity index (χ1v) is 12.2. The minimum Gasteiger partial charge on any atom is -1.00 e. The first kappa shape index (κ1) is 23.1. The summed E-state index contributed by atoms with van der Waals surface area (Å²) in [7, 11) is 0. The molecule has 176 valence electrons. The van der Waals surface area contributed by atoms with Crippen molar-refractivity contribution in [2.24, 2.45) is 5.92 Å². The molecule has 0 radical (unpaired) electrons. The Morgan fingerprint density at radius 1 is 0.853 bits per heavy atom. The number of carbonyl (C=O) groups is 1. The third-order valence-electron chi connectivity index (χ3n) is 7.94. The average Bonchev–Trinajstić information content (AvgIpc) is 2.87. The van der Waals surface area contributed by atoms with Gasteiger partial charge >= 0.3 is 5.97 Å². The van der Waals surface area contributed by atoms with E-state index in [4.69, 9.17) is 9.47 Å². The second-order valence-corrected chi connectivity index (χ2v) is 9.85. The number of esters is 1. The fourth-order valence-electron chi connectivity index (χ4n) is 6.06. The molecule has 0 aromatic heterocycles. The van der Waals surface area contributed by atoms with Gasteiger partial charge in [-0.2, -0.15) is 0 Å². The molecule has 3 aromatic rings. The van der Waals surface area contributed by atoms with E-state index in [1.54, 1.807) is 0 Å². The molecule has 34 heavy (non-hydrogen) atoms. The summed E-state index contributed by atoms with van der Waals surface area (Å²) in [6, 6.07) is 26.4. The van der Waals surface area contributed by atoms with Gasteiger partial charge in [-0.15, -0.1) is 0 Å². The third kappa shape index (κ3) is 4.27. The van der Waals surface area contributed by atoms with Crippen molar-refractivity contribution in [3.63, 3.8) is 0 Å². The van der Waals surface area contributed by atoms with E-state index in [2.05, 4.69) is 30.3 Å². The number of quaternary nitrogens is 1. The largest absolute Gasteiger partial charge is 1.00 e. The van der Waals surface area contributed by atoms with Gasteiger partial charge in [-0.25, -0.2) is 0 Å². The van der Waals surface area contributed by atoms with Crippen molar-refractivity contribution in [3.8, 4) is 11.5 Å². The SMILES string of the molecule is O=C(O[C@H]1C[N+]2(CCc3ccccc3)CCC1CC2)C1c2ccccc2Oc2ccccc21.[Br-]. The Morgan fingerprint density at radius 2 is 1.44 bits per heavy atom. The van der Waals surface area contributed by atoms with Gasteiger partial charge in [-0.3, -0.25) is 4.79 Å². The van der Waals surface area contributed by atoms with Gasteiger partial charge < -0.3 is 30.9 Å². The zero-order chi connectivity index (χ0) is 22.3. The highest BCUT2D eigenvalue weighted by Crippen LogP contribution is 2.45. The van der Waals surface area contributed by atoms with Crippen molar-refractivity contribution in [1.82, 2.24) is 0 Å². The molecular weight excluding hydrogens is 490 g/mol. The first-order valence-electron chi connectivity index (χ1n) is 12.2. The number of rotatable bonds is 5. The van der Waals surface area contributed by atoms with Crippen LogP contribution in [0.1, 0.15) is 35.4 Å². The zero-order valence-electron chi connectivity index (χ0n) is 19.2. The van der Waals surface area contributed by atoms with Crippen molar-refractivity contribution in [1.29, 1.82) is 0 Å². The van der Waals surface area contributed by atoms with E-state index in [0.29, 0.717) is 5.92 Å². The number of nitrogens with zero attached hydrogens (tertiary/aromatic N) is 1. The molecule has 0 amide bonds. The van der Waals surface area contributed by atoms with Gasteiger partial charge in [-0.1, -0.05) is 66.7 Å². The van der Waals surface area contributed by atoms with E-state index in [-0.39, 0.29) is 29.1 Å². The molecule has 4 nitrogen and oxygen atoms in total. The number of benzene rings is 3.